The Kier molecular flexibility index (Phi) is 6.73. The number of benzene rings is 2. The van der Waals surface area contributed by atoms with Gasteiger partial charge in [0.15, 0.2) is 0 Å². The molecule has 1 aliphatic carbocycles. The van der Waals surface area contributed by atoms with E-state index in [0.717, 1.165) is 43.8 Å². The molecule has 4 nitrogen and oxygen atoms in total. The van der Waals surface area contributed by atoms with Crippen molar-refractivity contribution in [3.63, 3.8) is 0 Å². The van der Waals surface area contributed by atoms with Crippen molar-refractivity contribution in [1.82, 2.24) is 5.32 Å². The Balaban J connectivity index is 1.41. The molecule has 1 heterocycles. The molecule has 1 fully saturated rings. The minimum absolute atomic E-state index is 0.0749. The zero-order chi connectivity index (χ0) is 20.8. The van der Waals surface area contributed by atoms with E-state index in [2.05, 4.69) is 35.6 Å². The zero-order valence-corrected chi connectivity index (χ0v) is 18.0. The van der Waals surface area contributed by atoms with Crippen molar-refractivity contribution in [3.05, 3.63) is 64.7 Å². The average Bonchev–Trinajstić information content (AvgIpc) is 2.79. The summed E-state index contributed by atoms with van der Waals surface area (Å²) < 4.78 is 11.2. The molecule has 0 unspecified atom stereocenters. The third-order valence-electron chi connectivity index (χ3n) is 6.63. The van der Waals surface area contributed by atoms with Gasteiger partial charge in [-0.2, -0.15) is 0 Å². The van der Waals surface area contributed by atoms with E-state index >= 15 is 0 Å². The lowest BCUT2D eigenvalue weighted by atomic mass is 9.74. The van der Waals surface area contributed by atoms with Crippen LogP contribution in [0.3, 0.4) is 0 Å². The molecule has 1 N–H and O–H groups in total. The molecule has 0 radical (unpaired) electrons. The second-order valence-corrected chi connectivity index (χ2v) is 8.61. The van der Waals surface area contributed by atoms with Gasteiger partial charge in [-0.25, -0.2) is 0 Å². The largest absolute Gasteiger partial charge is 0.494 e. The van der Waals surface area contributed by atoms with Gasteiger partial charge >= 0.3 is 0 Å². The number of fused-ring (bicyclic) bond motifs is 1. The SMILES string of the molecule is CCOc1ccc(C2(CNC(=O)Cc3ccc4c(c3)CCCC4)CCOCC2)cc1. The number of nitrogens with one attached hydrogen (secondary N) is 1. The fraction of sp³-hybridized carbons (Fsp3) is 0.500. The predicted molar refractivity (Wildman–Crippen MR) is 119 cm³/mol. The van der Waals surface area contributed by atoms with Crippen LogP contribution in [-0.4, -0.2) is 32.3 Å². The highest BCUT2D eigenvalue weighted by Gasteiger charge is 2.34. The van der Waals surface area contributed by atoms with Gasteiger partial charge in [-0.3, -0.25) is 4.79 Å². The van der Waals surface area contributed by atoms with Crippen LogP contribution < -0.4 is 10.1 Å². The summed E-state index contributed by atoms with van der Waals surface area (Å²) in [7, 11) is 0. The molecule has 160 valence electrons. The van der Waals surface area contributed by atoms with Crippen LogP contribution in [-0.2, 0) is 34.2 Å². The van der Waals surface area contributed by atoms with E-state index in [1.54, 1.807) is 0 Å². The molecule has 2 aromatic rings. The van der Waals surface area contributed by atoms with Gasteiger partial charge < -0.3 is 14.8 Å². The molecular weight excluding hydrogens is 374 g/mol. The van der Waals surface area contributed by atoms with E-state index < -0.39 is 0 Å². The third kappa shape index (κ3) is 4.86. The van der Waals surface area contributed by atoms with Crippen molar-refractivity contribution >= 4 is 5.91 Å². The van der Waals surface area contributed by atoms with Crippen molar-refractivity contribution in [2.45, 2.75) is 57.3 Å². The second-order valence-electron chi connectivity index (χ2n) is 8.61. The summed E-state index contributed by atoms with van der Waals surface area (Å²) in [6.07, 6.45) is 7.14. The number of rotatable bonds is 7. The molecular formula is C26H33NO3. The molecule has 2 aliphatic rings. The quantitative estimate of drug-likeness (QED) is 0.741. The van der Waals surface area contributed by atoms with Gasteiger partial charge in [-0.15, -0.1) is 0 Å². The van der Waals surface area contributed by atoms with Crippen molar-refractivity contribution in [3.8, 4) is 5.75 Å². The minimum Gasteiger partial charge on any atom is -0.494 e. The van der Waals surface area contributed by atoms with Crippen molar-refractivity contribution in [1.29, 1.82) is 0 Å². The maximum Gasteiger partial charge on any atom is 0.224 e. The Morgan fingerprint density at radius 3 is 2.50 bits per heavy atom. The summed E-state index contributed by atoms with van der Waals surface area (Å²) in [5, 5.41) is 3.23. The van der Waals surface area contributed by atoms with Crippen LogP contribution in [0.5, 0.6) is 5.75 Å². The van der Waals surface area contributed by atoms with Crippen molar-refractivity contribution in [2.75, 3.05) is 26.4 Å². The van der Waals surface area contributed by atoms with E-state index in [0.29, 0.717) is 19.6 Å². The molecule has 0 atom stereocenters. The maximum atomic E-state index is 12.8. The topological polar surface area (TPSA) is 47.6 Å². The highest BCUT2D eigenvalue weighted by molar-refractivity contribution is 5.78. The number of hydrogen-bond donors (Lipinski definition) is 1. The number of aryl methyl sites for hydroxylation is 2. The third-order valence-corrected chi connectivity index (χ3v) is 6.63. The molecule has 4 rings (SSSR count). The van der Waals surface area contributed by atoms with Gasteiger partial charge in [0.2, 0.25) is 5.91 Å². The highest BCUT2D eigenvalue weighted by atomic mass is 16.5. The average molecular weight is 408 g/mol. The van der Waals surface area contributed by atoms with Crippen LogP contribution in [0.2, 0.25) is 0 Å². The Morgan fingerprint density at radius 1 is 1.03 bits per heavy atom. The highest BCUT2D eigenvalue weighted by Crippen LogP contribution is 2.35. The molecule has 1 amide bonds. The van der Waals surface area contributed by atoms with Crippen LogP contribution in [0.15, 0.2) is 42.5 Å². The van der Waals surface area contributed by atoms with E-state index in [1.165, 1.54) is 36.0 Å². The van der Waals surface area contributed by atoms with E-state index in [1.807, 2.05) is 19.1 Å². The smallest absolute Gasteiger partial charge is 0.224 e. The van der Waals surface area contributed by atoms with Crippen LogP contribution in [0, 0.1) is 0 Å². The zero-order valence-electron chi connectivity index (χ0n) is 18.0. The number of amides is 1. The summed E-state index contributed by atoms with van der Waals surface area (Å²) in [5.41, 5.74) is 5.19. The first kappa shape index (κ1) is 20.9. The number of ether oxygens (including phenoxy) is 2. The first-order valence-electron chi connectivity index (χ1n) is 11.4. The molecule has 0 saturated carbocycles. The summed E-state index contributed by atoms with van der Waals surface area (Å²) in [6, 6.07) is 14.9. The second kappa shape index (κ2) is 9.65. The van der Waals surface area contributed by atoms with Crippen LogP contribution >= 0.6 is 0 Å². The summed E-state index contributed by atoms with van der Waals surface area (Å²) in [5.74, 6) is 0.988. The molecule has 4 heteroatoms. The normalized spacial score (nSPS) is 17.8. The van der Waals surface area contributed by atoms with E-state index in [9.17, 15) is 4.79 Å². The van der Waals surface area contributed by atoms with Gasteiger partial charge in [0.1, 0.15) is 5.75 Å². The fourth-order valence-electron chi connectivity index (χ4n) is 4.81. The fourth-order valence-corrected chi connectivity index (χ4v) is 4.81. The summed E-state index contributed by atoms with van der Waals surface area (Å²) in [6.45, 7) is 4.76. The molecule has 30 heavy (non-hydrogen) atoms. The monoisotopic (exact) mass is 407 g/mol. The first-order valence-corrected chi connectivity index (χ1v) is 11.4. The lowest BCUT2D eigenvalue weighted by molar-refractivity contribution is -0.120. The molecule has 1 aliphatic heterocycles. The Hall–Kier alpha value is -2.33. The maximum absolute atomic E-state index is 12.8. The van der Waals surface area contributed by atoms with Crippen molar-refractivity contribution in [2.24, 2.45) is 0 Å². The molecule has 0 bridgehead atoms. The van der Waals surface area contributed by atoms with Crippen LogP contribution in [0.25, 0.3) is 0 Å². The van der Waals surface area contributed by atoms with Gasteiger partial charge in [0.05, 0.1) is 13.0 Å². The Labute approximate surface area is 180 Å². The Bertz CT molecular complexity index is 853. The minimum atomic E-state index is -0.0749. The van der Waals surface area contributed by atoms with Gasteiger partial charge in [-0.1, -0.05) is 30.3 Å². The van der Waals surface area contributed by atoms with Gasteiger partial charge in [0.25, 0.3) is 0 Å². The van der Waals surface area contributed by atoms with Gasteiger partial charge in [-0.05, 0) is 79.8 Å². The summed E-state index contributed by atoms with van der Waals surface area (Å²) in [4.78, 5) is 12.8. The van der Waals surface area contributed by atoms with Gasteiger partial charge in [0, 0.05) is 25.2 Å². The van der Waals surface area contributed by atoms with Crippen molar-refractivity contribution < 1.29 is 14.3 Å². The molecule has 0 spiro atoms. The number of hydrogen-bond acceptors (Lipinski definition) is 3. The molecule has 1 saturated heterocycles. The summed E-state index contributed by atoms with van der Waals surface area (Å²) >= 11 is 0. The van der Waals surface area contributed by atoms with E-state index in [-0.39, 0.29) is 11.3 Å². The lowest BCUT2D eigenvalue weighted by Crippen LogP contribution is -2.45. The predicted octanol–water partition coefficient (Wildman–Crippen LogP) is 4.37. The Morgan fingerprint density at radius 2 is 1.77 bits per heavy atom. The number of carbonyl (C=O) groups excluding carboxylic acids is 1. The first-order chi connectivity index (χ1) is 14.7. The molecule has 0 aromatic heterocycles. The standard InChI is InChI=1S/C26H33NO3/c1-2-30-24-11-9-23(10-12-24)26(13-15-29-16-14-26)19-27-25(28)18-20-7-8-21-5-3-4-6-22(21)17-20/h7-12,17H,2-6,13-16,18-19H2,1H3,(H,27,28). The lowest BCUT2D eigenvalue weighted by Gasteiger charge is -2.38. The van der Waals surface area contributed by atoms with Crippen LogP contribution in [0.1, 0.15) is 54.9 Å². The van der Waals surface area contributed by atoms with Crippen LogP contribution in [0.4, 0.5) is 0 Å². The van der Waals surface area contributed by atoms with E-state index in [4.69, 9.17) is 9.47 Å². The number of carbonyl (C=O) groups is 1. The molecule has 2 aromatic carbocycles.